The highest BCUT2D eigenvalue weighted by Gasteiger charge is 2.15. The predicted octanol–water partition coefficient (Wildman–Crippen LogP) is 5.68. The summed E-state index contributed by atoms with van der Waals surface area (Å²) in [5, 5.41) is 3.99. The van der Waals surface area contributed by atoms with Crippen molar-refractivity contribution in [2.45, 2.75) is 6.92 Å². The summed E-state index contributed by atoms with van der Waals surface area (Å²) in [6, 6.07) is 19.4. The molecule has 0 radical (unpaired) electrons. The summed E-state index contributed by atoms with van der Waals surface area (Å²) in [7, 11) is 1.51. The lowest BCUT2D eigenvalue weighted by molar-refractivity contribution is 0.102. The van der Waals surface area contributed by atoms with Crippen molar-refractivity contribution in [1.82, 2.24) is 0 Å². The van der Waals surface area contributed by atoms with E-state index >= 15 is 0 Å². The van der Waals surface area contributed by atoms with E-state index in [0.717, 1.165) is 10.9 Å². The molecule has 0 aliphatic rings. The Morgan fingerprint density at radius 1 is 1.03 bits per heavy atom. The third-order valence-corrected chi connectivity index (χ3v) is 5.08. The van der Waals surface area contributed by atoms with Gasteiger partial charge in [0.15, 0.2) is 0 Å². The summed E-state index contributed by atoms with van der Waals surface area (Å²) >= 11 is 6.22. The molecule has 0 bridgehead atoms. The van der Waals surface area contributed by atoms with Gasteiger partial charge in [-0.25, -0.2) is 4.79 Å². The molecule has 0 aliphatic carbocycles. The molecule has 4 aromatic rings. The third kappa shape index (κ3) is 3.80. The Balaban J connectivity index is 1.75. The Hall–Kier alpha value is -3.57. The Kier molecular flexibility index (Phi) is 5.29. The normalized spacial score (nSPS) is 10.8. The molecule has 150 valence electrons. The number of amides is 1. The van der Waals surface area contributed by atoms with Crippen LogP contribution in [-0.4, -0.2) is 13.0 Å². The zero-order chi connectivity index (χ0) is 21.3. The number of carbonyl (C=O) groups is 1. The molecule has 0 saturated carbocycles. The molecule has 0 fully saturated rings. The number of methoxy groups -OCH3 is 1. The van der Waals surface area contributed by atoms with Crippen LogP contribution in [0, 0.1) is 6.92 Å². The fourth-order valence-corrected chi connectivity index (χ4v) is 3.55. The molecule has 1 aromatic heterocycles. The Bertz CT molecular complexity index is 1330. The number of fused-ring (bicyclic) bond motifs is 1. The third-order valence-electron chi connectivity index (χ3n) is 4.77. The molecular weight excluding hydrogens is 402 g/mol. The van der Waals surface area contributed by atoms with Crippen molar-refractivity contribution in [1.29, 1.82) is 0 Å². The average molecular weight is 420 g/mol. The molecule has 0 aliphatic heterocycles. The van der Waals surface area contributed by atoms with Crippen molar-refractivity contribution < 1.29 is 13.9 Å². The van der Waals surface area contributed by atoms with Gasteiger partial charge in [0.2, 0.25) is 0 Å². The molecule has 3 aromatic carbocycles. The van der Waals surface area contributed by atoms with Crippen LogP contribution in [0.4, 0.5) is 5.69 Å². The van der Waals surface area contributed by atoms with E-state index in [2.05, 4.69) is 5.32 Å². The molecule has 1 amide bonds. The smallest absolute Gasteiger partial charge is 0.344 e. The minimum Gasteiger partial charge on any atom is -0.495 e. The first-order valence-corrected chi connectivity index (χ1v) is 9.63. The van der Waals surface area contributed by atoms with E-state index in [1.807, 2.05) is 31.2 Å². The fourth-order valence-electron chi connectivity index (χ4n) is 3.23. The molecule has 30 heavy (non-hydrogen) atoms. The molecule has 0 unspecified atom stereocenters. The lowest BCUT2D eigenvalue weighted by Gasteiger charge is -2.13. The number of rotatable bonds is 4. The number of para-hydroxylation sites is 1. The predicted molar refractivity (Wildman–Crippen MR) is 119 cm³/mol. The van der Waals surface area contributed by atoms with Crippen LogP contribution < -0.4 is 15.7 Å². The number of benzene rings is 3. The van der Waals surface area contributed by atoms with Gasteiger partial charge in [0.25, 0.3) is 5.91 Å². The van der Waals surface area contributed by atoms with Crippen molar-refractivity contribution in [2.75, 3.05) is 12.4 Å². The van der Waals surface area contributed by atoms with Gasteiger partial charge in [-0.3, -0.25) is 4.79 Å². The largest absolute Gasteiger partial charge is 0.495 e. The van der Waals surface area contributed by atoms with Crippen LogP contribution in [0.15, 0.2) is 75.9 Å². The maximum Gasteiger partial charge on any atom is 0.344 e. The van der Waals surface area contributed by atoms with E-state index < -0.39 is 5.63 Å². The summed E-state index contributed by atoms with van der Waals surface area (Å²) in [4.78, 5) is 25.3. The van der Waals surface area contributed by atoms with Gasteiger partial charge in [-0.2, -0.15) is 0 Å². The number of halogens is 1. The highest BCUT2D eigenvalue weighted by Crippen LogP contribution is 2.31. The molecule has 1 N–H and O–H groups in total. The van der Waals surface area contributed by atoms with Crippen LogP contribution in [0.25, 0.3) is 22.1 Å². The van der Waals surface area contributed by atoms with Crippen LogP contribution in [0.2, 0.25) is 5.02 Å². The Labute approximate surface area is 177 Å². The zero-order valence-electron chi connectivity index (χ0n) is 16.4. The number of nitrogens with one attached hydrogen (secondary N) is 1. The van der Waals surface area contributed by atoms with Crippen LogP contribution in [0.1, 0.15) is 15.9 Å². The number of carbonyl (C=O) groups excluding carboxylic acids is 1. The number of aryl methyl sites for hydroxylation is 1. The second-order valence-electron chi connectivity index (χ2n) is 6.84. The standard InChI is InChI=1S/C24H18ClNO4/c1-14-7-9-17(19(25)11-14)23(27)26-20-13-15(8-10-22(20)29-2)18-12-16-5-3-4-6-21(16)30-24(18)28/h3-13H,1-2H3,(H,26,27). The number of ether oxygens (including phenoxy) is 1. The quantitative estimate of drug-likeness (QED) is 0.432. The number of anilines is 1. The molecular formula is C24H18ClNO4. The van der Waals surface area contributed by atoms with E-state index in [1.165, 1.54) is 7.11 Å². The van der Waals surface area contributed by atoms with E-state index in [1.54, 1.807) is 42.5 Å². The van der Waals surface area contributed by atoms with Crippen LogP contribution >= 0.6 is 11.6 Å². The Morgan fingerprint density at radius 3 is 2.60 bits per heavy atom. The first-order chi connectivity index (χ1) is 14.5. The van der Waals surface area contributed by atoms with Crippen LogP contribution in [0.3, 0.4) is 0 Å². The summed E-state index contributed by atoms with van der Waals surface area (Å²) in [6.45, 7) is 1.90. The molecule has 0 atom stereocenters. The van der Waals surface area contributed by atoms with Gasteiger partial charge >= 0.3 is 5.63 Å². The second kappa shape index (κ2) is 8.05. The van der Waals surface area contributed by atoms with E-state index in [4.69, 9.17) is 20.8 Å². The molecule has 0 spiro atoms. The van der Waals surface area contributed by atoms with E-state index in [9.17, 15) is 9.59 Å². The minimum absolute atomic E-state index is 0.347. The monoisotopic (exact) mass is 419 g/mol. The fraction of sp³-hybridized carbons (Fsp3) is 0.0833. The number of hydrogen-bond acceptors (Lipinski definition) is 4. The maximum absolute atomic E-state index is 12.8. The van der Waals surface area contributed by atoms with Crippen molar-refractivity contribution in [3.05, 3.63) is 93.3 Å². The zero-order valence-corrected chi connectivity index (χ0v) is 17.1. The minimum atomic E-state index is -0.460. The van der Waals surface area contributed by atoms with Gasteiger partial charge in [-0.05, 0) is 54.4 Å². The molecule has 5 nitrogen and oxygen atoms in total. The summed E-state index contributed by atoms with van der Waals surface area (Å²) in [5.74, 6) is 0.0847. The van der Waals surface area contributed by atoms with Gasteiger partial charge in [-0.15, -0.1) is 0 Å². The highest BCUT2D eigenvalue weighted by atomic mass is 35.5. The van der Waals surface area contributed by atoms with Crippen LogP contribution in [-0.2, 0) is 0 Å². The average Bonchev–Trinajstić information content (AvgIpc) is 2.73. The number of hydrogen-bond donors (Lipinski definition) is 1. The van der Waals surface area contributed by atoms with Crippen molar-refractivity contribution in [3.8, 4) is 16.9 Å². The van der Waals surface area contributed by atoms with E-state index in [-0.39, 0.29) is 5.91 Å². The van der Waals surface area contributed by atoms with Gasteiger partial charge < -0.3 is 14.5 Å². The van der Waals surface area contributed by atoms with Crippen molar-refractivity contribution in [2.24, 2.45) is 0 Å². The topological polar surface area (TPSA) is 68.5 Å². The van der Waals surface area contributed by atoms with Crippen molar-refractivity contribution in [3.63, 3.8) is 0 Å². The molecule has 4 rings (SSSR count). The SMILES string of the molecule is COc1ccc(-c2cc3ccccc3oc2=O)cc1NC(=O)c1ccc(C)cc1Cl. The molecule has 1 heterocycles. The first-order valence-electron chi connectivity index (χ1n) is 9.25. The van der Waals surface area contributed by atoms with Crippen molar-refractivity contribution >= 4 is 34.2 Å². The molecule has 0 saturated heterocycles. The highest BCUT2D eigenvalue weighted by molar-refractivity contribution is 6.34. The van der Waals surface area contributed by atoms with Gasteiger partial charge in [0, 0.05) is 5.39 Å². The molecule has 6 heteroatoms. The van der Waals surface area contributed by atoms with Gasteiger partial charge in [-0.1, -0.05) is 41.9 Å². The first kappa shape index (κ1) is 19.7. The van der Waals surface area contributed by atoms with Gasteiger partial charge in [0.05, 0.1) is 28.9 Å². The van der Waals surface area contributed by atoms with Crippen LogP contribution in [0.5, 0.6) is 5.75 Å². The lowest BCUT2D eigenvalue weighted by atomic mass is 10.0. The lowest BCUT2D eigenvalue weighted by Crippen LogP contribution is -2.13. The van der Waals surface area contributed by atoms with E-state index in [0.29, 0.717) is 38.7 Å². The second-order valence-corrected chi connectivity index (χ2v) is 7.25. The maximum atomic E-state index is 12.8. The summed E-state index contributed by atoms with van der Waals surface area (Å²) in [6.07, 6.45) is 0. The summed E-state index contributed by atoms with van der Waals surface area (Å²) in [5.41, 5.74) is 2.77. The Morgan fingerprint density at radius 2 is 1.83 bits per heavy atom. The summed E-state index contributed by atoms with van der Waals surface area (Å²) < 4.78 is 10.8. The van der Waals surface area contributed by atoms with Gasteiger partial charge in [0.1, 0.15) is 11.3 Å².